The summed E-state index contributed by atoms with van der Waals surface area (Å²) >= 11 is 2.94. The number of hydrogen-bond acceptors (Lipinski definition) is 6. The van der Waals surface area contributed by atoms with Crippen molar-refractivity contribution in [3.8, 4) is 16.4 Å². The van der Waals surface area contributed by atoms with E-state index in [2.05, 4.69) is 10.2 Å². The third-order valence-electron chi connectivity index (χ3n) is 6.03. The lowest BCUT2D eigenvalue weighted by Gasteiger charge is -2.40. The molecule has 1 fully saturated rings. The maximum absolute atomic E-state index is 13.6. The Morgan fingerprint density at radius 2 is 1.89 bits per heavy atom. The zero-order valence-electron chi connectivity index (χ0n) is 19.6. The lowest BCUT2D eigenvalue weighted by molar-refractivity contribution is -0.130. The summed E-state index contributed by atoms with van der Waals surface area (Å²) in [7, 11) is 0. The van der Waals surface area contributed by atoms with Crippen molar-refractivity contribution in [1.82, 2.24) is 24.6 Å². The number of piperazine rings is 1. The monoisotopic (exact) mass is 521 g/mol. The number of para-hydroxylation sites is 1. The summed E-state index contributed by atoms with van der Waals surface area (Å²) in [4.78, 5) is 30.4. The molecule has 2 amide bonds. The molecule has 7 nitrogen and oxygen atoms in total. The molecule has 10 heteroatoms. The van der Waals surface area contributed by atoms with Crippen molar-refractivity contribution in [2.45, 2.75) is 18.1 Å². The fourth-order valence-electron chi connectivity index (χ4n) is 4.23. The van der Waals surface area contributed by atoms with Crippen molar-refractivity contribution in [2.24, 2.45) is 0 Å². The minimum atomic E-state index is -0.440. The van der Waals surface area contributed by atoms with Crippen LogP contribution in [0.4, 0.5) is 4.39 Å². The van der Waals surface area contributed by atoms with Gasteiger partial charge in [-0.2, -0.15) is 0 Å². The number of nitrogens with zero attached hydrogens (tertiary/aromatic N) is 5. The van der Waals surface area contributed by atoms with Crippen molar-refractivity contribution in [1.29, 1.82) is 0 Å². The van der Waals surface area contributed by atoms with Gasteiger partial charge in [0.2, 0.25) is 5.91 Å². The van der Waals surface area contributed by atoms with E-state index in [1.807, 2.05) is 59.3 Å². The summed E-state index contributed by atoms with van der Waals surface area (Å²) in [6, 6.07) is 19.3. The molecule has 0 N–H and O–H groups in total. The van der Waals surface area contributed by atoms with Gasteiger partial charge >= 0.3 is 0 Å². The molecule has 1 atom stereocenters. The highest BCUT2D eigenvalue weighted by Crippen LogP contribution is 2.30. The third-order valence-corrected chi connectivity index (χ3v) is 7.81. The fourth-order valence-corrected chi connectivity index (χ4v) is 5.78. The van der Waals surface area contributed by atoms with Gasteiger partial charge in [0.05, 0.1) is 10.6 Å². The Hall–Kier alpha value is -3.50. The second-order valence-electron chi connectivity index (χ2n) is 8.44. The topological polar surface area (TPSA) is 71.3 Å². The number of rotatable bonds is 6. The SMILES string of the molecule is CC1CN(C(=O)CSc2nnc(-c3cccs3)n2-c2ccccc2)CCN1C(=O)c1cccc(F)c1. The first-order valence-corrected chi connectivity index (χ1v) is 13.4. The van der Waals surface area contributed by atoms with Gasteiger partial charge in [0, 0.05) is 36.9 Å². The average Bonchev–Trinajstić information content (AvgIpc) is 3.57. The van der Waals surface area contributed by atoms with Gasteiger partial charge in [0.15, 0.2) is 11.0 Å². The fraction of sp³-hybridized carbons (Fsp3) is 0.231. The molecule has 1 aliphatic heterocycles. The highest BCUT2D eigenvalue weighted by Gasteiger charge is 2.30. The lowest BCUT2D eigenvalue weighted by atomic mass is 10.1. The van der Waals surface area contributed by atoms with Crippen molar-refractivity contribution < 1.29 is 14.0 Å². The van der Waals surface area contributed by atoms with E-state index in [0.717, 1.165) is 16.4 Å². The van der Waals surface area contributed by atoms with Crippen LogP contribution in [0.3, 0.4) is 0 Å². The highest BCUT2D eigenvalue weighted by molar-refractivity contribution is 7.99. The van der Waals surface area contributed by atoms with Gasteiger partial charge < -0.3 is 9.80 Å². The molecule has 4 aromatic rings. The van der Waals surface area contributed by atoms with Crippen LogP contribution in [0.5, 0.6) is 0 Å². The van der Waals surface area contributed by atoms with E-state index in [1.165, 1.54) is 30.0 Å². The Kier molecular flexibility index (Phi) is 7.15. The summed E-state index contributed by atoms with van der Waals surface area (Å²) in [6.07, 6.45) is 0. The molecule has 2 aromatic carbocycles. The first-order chi connectivity index (χ1) is 17.5. The van der Waals surface area contributed by atoms with Crippen LogP contribution >= 0.6 is 23.1 Å². The van der Waals surface area contributed by atoms with Gasteiger partial charge in [-0.05, 0) is 48.7 Å². The largest absolute Gasteiger partial charge is 0.338 e. The number of halogens is 1. The Balaban J connectivity index is 1.26. The molecule has 0 bridgehead atoms. The number of thioether (sulfide) groups is 1. The third kappa shape index (κ3) is 5.05. The second kappa shape index (κ2) is 10.6. The Labute approximate surface area is 216 Å². The van der Waals surface area contributed by atoms with E-state index in [4.69, 9.17) is 0 Å². The summed E-state index contributed by atoms with van der Waals surface area (Å²) < 4.78 is 15.5. The first kappa shape index (κ1) is 24.2. The molecule has 1 saturated heterocycles. The molecule has 0 aliphatic carbocycles. The number of benzene rings is 2. The van der Waals surface area contributed by atoms with Crippen LogP contribution in [-0.2, 0) is 4.79 Å². The summed E-state index contributed by atoms with van der Waals surface area (Å²) in [6.45, 7) is 3.15. The van der Waals surface area contributed by atoms with Gasteiger partial charge in [-0.15, -0.1) is 21.5 Å². The standard InChI is InChI=1S/C26H24FN5O2S2/c1-18-16-30(12-13-31(18)25(34)19-7-5-8-20(27)15-19)23(33)17-36-26-29-28-24(22-11-6-14-35-22)32(26)21-9-3-2-4-10-21/h2-11,14-15,18H,12-13,16-17H2,1H3. The Morgan fingerprint density at radius 1 is 1.06 bits per heavy atom. The molecule has 184 valence electrons. The van der Waals surface area contributed by atoms with Crippen molar-refractivity contribution in [2.75, 3.05) is 25.4 Å². The maximum atomic E-state index is 13.6. The number of aromatic nitrogens is 3. The maximum Gasteiger partial charge on any atom is 0.254 e. The van der Waals surface area contributed by atoms with Gasteiger partial charge in [-0.1, -0.05) is 42.1 Å². The number of hydrogen-bond donors (Lipinski definition) is 0. The quantitative estimate of drug-likeness (QED) is 0.347. The number of thiophene rings is 1. The van der Waals surface area contributed by atoms with E-state index < -0.39 is 5.82 Å². The second-order valence-corrected chi connectivity index (χ2v) is 10.3. The predicted molar refractivity (Wildman–Crippen MR) is 139 cm³/mol. The summed E-state index contributed by atoms with van der Waals surface area (Å²) in [5.74, 6) is 0.264. The summed E-state index contributed by atoms with van der Waals surface area (Å²) in [5, 5.41) is 11.4. The zero-order chi connectivity index (χ0) is 25.1. The van der Waals surface area contributed by atoms with Gasteiger partial charge in [0.1, 0.15) is 5.82 Å². The smallest absolute Gasteiger partial charge is 0.254 e. The number of carbonyl (C=O) groups excluding carboxylic acids is 2. The van der Waals surface area contributed by atoms with Crippen LogP contribution < -0.4 is 0 Å². The van der Waals surface area contributed by atoms with Gasteiger partial charge in [-0.3, -0.25) is 14.2 Å². The van der Waals surface area contributed by atoms with Gasteiger partial charge in [0.25, 0.3) is 5.91 Å². The van der Waals surface area contributed by atoms with Crippen molar-refractivity contribution >= 4 is 34.9 Å². The van der Waals surface area contributed by atoms with E-state index >= 15 is 0 Å². The lowest BCUT2D eigenvalue weighted by Crippen LogP contribution is -2.55. The molecular weight excluding hydrogens is 497 g/mol. The van der Waals surface area contributed by atoms with E-state index in [9.17, 15) is 14.0 Å². The number of carbonyl (C=O) groups is 2. The normalized spacial score (nSPS) is 15.8. The zero-order valence-corrected chi connectivity index (χ0v) is 21.2. The van der Waals surface area contributed by atoms with Crippen LogP contribution in [0.15, 0.2) is 77.3 Å². The molecule has 5 rings (SSSR count). The Morgan fingerprint density at radius 3 is 2.61 bits per heavy atom. The van der Waals surface area contributed by atoms with Crippen LogP contribution in [0, 0.1) is 5.82 Å². The van der Waals surface area contributed by atoms with Crippen molar-refractivity contribution in [3.63, 3.8) is 0 Å². The van der Waals surface area contributed by atoms with E-state index in [1.54, 1.807) is 27.2 Å². The first-order valence-electron chi connectivity index (χ1n) is 11.5. The van der Waals surface area contributed by atoms with Gasteiger partial charge in [-0.25, -0.2) is 4.39 Å². The van der Waals surface area contributed by atoms with Crippen LogP contribution in [0.1, 0.15) is 17.3 Å². The summed E-state index contributed by atoms with van der Waals surface area (Å²) in [5.41, 5.74) is 1.25. The highest BCUT2D eigenvalue weighted by atomic mass is 32.2. The minimum Gasteiger partial charge on any atom is -0.338 e. The molecule has 1 aliphatic rings. The number of amides is 2. The van der Waals surface area contributed by atoms with Crippen LogP contribution in [0.2, 0.25) is 0 Å². The van der Waals surface area contributed by atoms with E-state index in [-0.39, 0.29) is 23.6 Å². The van der Waals surface area contributed by atoms with Crippen LogP contribution in [-0.4, -0.2) is 67.8 Å². The van der Waals surface area contributed by atoms with Crippen molar-refractivity contribution in [3.05, 3.63) is 83.5 Å². The average molecular weight is 522 g/mol. The van der Waals surface area contributed by atoms with Crippen LogP contribution in [0.25, 0.3) is 16.4 Å². The molecule has 2 aromatic heterocycles. The molecule has 36 heavy (non-hydrogen) atoms. The molecular formula is C26H24FN5O2S2. The molecule has 0 spiro atoms. The Bertz CT molecular complexity index is 1360. The molecule has 0 saturated carbocycles. The molecule has 0 radical (unpaired) electrons. The minimum absolute atomic E-state index is 0.0232. The molecule has 3 heterocycles. The predicted octanol–water partition coefficient (Wildman–Crippen LogP) is 4.60. The molecule has 1 unspecified atom stereocenters. The van der Waals surface area contributed by atoms with E-state index in [0.29, 0.717) is 30.4 Å².